The highest BCUT2D eigenvalue weighted by Gasteiger charge is 2.07. The zero-order valence-electron chi connectivity index (χ0n) is 13.7. The Labute approximate surface area is 154 Å². The lowest BCUT2D eigenvalue weighted by molar-refractivity contribution is 1.18. The molecule has 0 fully saturated rings. The van der Waals surface area contributed by atoms with Crippen molar-refractivity contribution >= 4 is 48.0 Å². The highest BCUT2D eigenvalue weighted by Crippen LogP contribution is 2.29. The molecular weight excluding hydrogens is 332 g/mol. The summed E-state index contributed by atoms with van der Waals surface area (Å²) in [5.41, 5.74) is 4.56. The summed E-state index contributed by atoms with van der Waals surface area (Å²) in [5.74, 6) is 0. The van der Waals surface area contributed by atoms with E-state index in [-0.39, 0.29) is 0 Å². The summed E-state index contributed by atoms with van der Waals surface area (Å²) in [5, 5.41) is 0. The number of nitrogens with zero attached hydrogens (tertiary/aromatic N) is 2. The molecule has 122 valence electrons. The maximum atomic E-state index is 4.34. The summed E-state index contributed by atoms with van der Waals surface area (Å²) in [6.45, 7) is 0. The SMILES string of the molecule is CN(c1ccc(S)cc1)c1ccc(N(C)c2ccc(S)cc2)cc1. The van der Waals surface area contributed by atoms with Crippen molar-refractivity contribution in [2.24, 2.45) is 0 Å². The van der Waals surface area contributed by atoms with E-state index in [0.717, 1.165) is 32.5 Å². The molecule has 0 bridgehead atoms. The number of thiol groups is 2. The summed E-state index contributed by atoms with van der Waals surface area (Å²) in [6.07, 6.45) is 0. The second-order valence-electron chi connectivity index (χ2n) is 5.67. The lowest BCUT2D eigenvalue weighted by Crippen LogP contribution is -2.11. The Hall–Kier alpha value is -2.04. The first-order valence-corrected chi connectivity index (χ1v) is 8.59. The standard InChI is InChI=1S/C20H20N2S2/c1-21(17-7-11-19(23)12-8-17)15-3-5-16(6-4-15)22(2)18-9-13-20(24)14-10-18/h3-14,23-24H,1-2H3. The van der Waals surface area contributed by atoms with E-state index in [1.807, 2.05) is 24.3 Å². The molecule has 2 nitrogen and oxygen atoms in total. The Morgan fingerprint density at radius 2 is 0.667 bits per heavy atom. The Morgan fingerprint density at radius 3 is 0.917 bits per heavy atom. The van der Waals surface area contributed by atoms with Crippen molar-refractivity contribution in [1.82, 2.24) is 0 Å². The maximum Gasteiger partial charge on any atom is 0.0409 e. The van der Waals surface area contributed by atoms with E-state index in [4.69, 9.17) is 0 Å². The van der Waals surface area contributed by atoms with Crippen LogP contribution in [0.25, 0.3) is 0 Å². The zero-order chi connectivity index (χ0) is 17.1. The molecule has 0 unspecified atom stereocenters. The summed E-state index contributed by atoms with van der Waals surface area (Å²) >= 11 is 8.67. The van der Waals surface area contributed by atoms with E-state index < -0.39 is 0 Å². The molecular formula is C20H20N2S2. The van der Waals surface area contributed by atoms with Gasteiger partial charge in [0.1, 0.15) is 0 Å². The number of benzene rings is 3. The third-order valence-corrected chi connectivity index (χ3v) is 4.69. The van der Waals surface area contributed by atoms with Crippen LogP contribution in [0.5, 0.6) is 0 Å². The molecule has 0 radical (unpaired) electrons. The minimum Gasteiger partial charge on any atom is -0.345 e. The average molecular weight is 353 g/mol. The van der Waals surface area contributed by atoms with E-state index in [1.54, 1.807) is 0 Å². The van der Waals surface area contributed by atoms with Gasteiger partial charge in [0.15, 0.2) is 0 Å². The smallest absolute Gasteiger partial charge is 0.0409 e. The van der Waals surface area contributed by atoms with Crippen molar-refractivity contribution in [3.05, 3.63) is 72.8 Å². The van der Waals surface area contributed by atoms with Crippen LogP contribution in [0, 0.1) is 0 Å². The molecule has 0 aliphatic carbocycles. The van der Waals surface area contributed by atoms with Crippen molar-refractivity contribution in [1.29, 1.82) is 0 Å². The number of rotatable bonds is 4. The molecule has 0 saturated carbocycles. The van der Waals surface area contributed by atoms with Crippen molar-refractivity contribution in [3.8, 4) is 0 Å². The molecule has 0 aromatic heterocycles. The Bertz CT molecular complexity index is 726. The predicted molar refractivity (Wildman–Crippen MR) is 110 cm³/mol. The molecule has 3 aromatic rings. The lowest BCUT2D eigenvalue weighted by Gasteiger charge is -2.23. The molecule has 0 N–H and O–H groups in total. The van der Waals surface area contributed by atoms with E-state index in [2.05, 4.69) is 97.7 Å². The zero-order valence-corrected chi connectivity index (χ0v) is 15.5. The minimum atomic E-state index is 0.969. The molecule has 4 heteroatoms. The van der Waals surface area contributed by atoms with Gasteiger partial charge in [-0.2, -0.15) is 0 Å². The van der Waals surface area contributed by atoms with Gasteiger partial charge in [-0.3, -0.25) is 0 Å². The van der Waals surface area contributed by atoms with E-state index >= 15 is 0 Å². The van der Waals surface area contributed by atoms with E-state index in [9.17, 15) is 0 Å². The van der Waals surface area contributed by atoms with Gasteiger partial charge in [-0.1, -0.05) is 0 Å². The van der Waals surface area contributed by atoms with Gasteiger partial charge in [-0.05, 0) is 72.8 Å². The van der Waals surface area contributed by atoms with Crippen LogP contribution in [0.1, 0.15) is 0 Å². The highest BCUT2D eigenvalue weighted by atomic mass is 32.1. The van der Waals surface area contributed by atoms with Crippen molar-refractivity contribution in [3.63, 3.8) is 0 Å². The quantitative estimate of drug-likeness (QED) is 0.573. The van der Waals surface area contributed by atoms with Gasteiger partial charge in [0.05, 0.1) is 0 Å². The largest absolute Gasteiger partial charge is 0.345 e. The fourth-order valence-electron chi connectivity index (χ4n) is 2.55. The van der Waals surface area contributed by atoms with Crippen LogP contribution < -0.4 is 9.80 Å². The predicted octanol–water partition coefficient (Wildman–Crippen LogP) is 5.80. The molecule has 0 aliphatic heterocycles. The van der Waals surface area contributed by atoms with E-state index in [1.165, 1.54) is 0 Å². The monoisotopic (exact) mass is 352 g/mol. The van der Waals surface area contributed by atoms with Crippen LogP contribution in [0.2, 0.25) is 0 Å². The van der Waals surface area contributed by atoms with E-state index in [0.29, 0.717) is 0 Å². The van der Waals surface area contributed by atoms with Crippen LogP contribution in [0.15, 0.2) is 82.6 Å². The molecule has 0 heterocycles. The summed E-state index contributed by atoms with van der Waals surface area (Å²) in [6, 6.07) is 24.8. The Balaban J connectivity index is 1.79. The van der Waals surface area contributed by atoms with Gasteiger partial charge in [0.25, 0.3) is 0 Å². The summed E-state index contributed by atoms with van der Waals surface area (Å²) in [4.78, 5) is 6.26. The van der Waals surface area contributed by atoms with Crippen molar-refractivity contribution < 1.29 is 0 Å². The van der Waals surface area contributed by atoms with Crippen LogP contribution in [0.3, 0.4) is 0 Å². The van der Waals surface area contributed by atoms with Crippen LogP contribution in [-0.2, 0) is 0 Å². The molecule has 0 saturated heterocycles. The van der Waals surface area contributed by atoms with Gasteiger partial charge in [0.2, 0.25) is 0 Å². The van der Waals surface area contributed by atoms with Crippen molar-refractivity contribution in [2.45, 2.75) is 9.79 Å². The Morgan fingerprint density at radius 1 is 0.458 bits per heavy atom. The number of hydrogen-bond acceptors (Lipinski definition) is 4. The highest BCUT2D eigenvalue weighted by molar-refractivity contribution is 7.80. The summed E-state index contributed by atoms with van der Waals surface area (Å²) in [7, 11) is 4.13. The van der Waals surface area contributed by atoms with Crippen LogP contribution in [-0.4, -0.2) is 14.1 Å². The van der Waals surface area contributed by atoms with Gasteiger partial charge in [-0.25, -0.2) is 0 Å². The summed E-state index contributed by atoms with van der Waals surface area (Å²) < 4.78 is 0. The second-order valence-corrected chi connectivity index (χ2v) is 6.70. The number of anilines is 4. The van der Waals surface area contributed by atoms with Gasteiger partial charge >= 0.3 is 0 Å². The molecule has 24 heavy (non-hydrogen) atoms. The molecule has 3 rings (SSSR count). The normalized spacial score (nSPS) is 10.5. The first-order valence-electron chi connectivity index (χ1n) is 7.70. The molecule has 0 amide bonds. The molecule has 0 aliphatic rings. The third kappa shape index (κ3) is 3.71. The Kier molecular flexibility index (Phi) is 5.07. The molecule has 3 aromatic carbocycles. The fraction of sp³-hybridized carbons (Fsp3) is 0.100. The average Bonchev–Trinajstić information content (AvgIpc) is 2.62. The fourth-order valence-corrected chi connectivity index (χ4v) is 2.85. The van der Waals surface area contributed by atoms with Gasteiger partial charge in [0, 0.05) is 46.6 Å². The van der Waals surface area contributed by atoms with Gasteiger partial charge in [-0.15, -0.1) is 25.3 Å². The number of hydrogen-bond donors (Lipinski definition) is 2. The first kappa shape index (κ1) is 16.8. The van der Waals surface area contributed by atoms with Crippen LogP contribution >= 0.6 is 25.3 Å². The molecule has 0 spiro atoms. The van der Waals surface area contributed by atoms with Crippen LogP contribution in [0.4, 0.5) is 22.7 Å². The topological polar surface area (TPSA) is 6.48 Å². The minimum absolute atomic E-state index is 0.969. The maximum absolute atomic E-state index is 4.34. The van der Waals surface area contributed by atoms with Crippen molar-refractivity contribution in [2.75, 3.05) is 23.9 Å². The lowest BCUT2D eigenvalue weighted by atomic mass is 10.2. The van der Waals surface area contributed by atoms with Gasteiger partial charge < -0.3 is 9.80 Å². The third-order valence-electron chi connectivity index (χ3n) is 4.10. The molecule has 0 atom stereocenters. The second kappa shape index (κ2) is 7.24. The first-order chi connectivity index (χ1) is 11.5.